The molecular weight excluding hydrogens is 1450 g/mol. The Labute approximate surface area is 669 Å². The smallest absolute Gasteiger partial charge is 0.230 e. The van der Waals surface area contributed by atoms with Crippen molar-refractivity contribution < 1.29 is 37.9 Å². The third-order valence-electron chi connectivity index (χ3n) is 22.2. The van der Waals surface area contributed by atoms with Gasteiger partial charge in [-0.25, -0.2) is 0 Å². The first-order valence-electron chi connectivity index (χ1n) is 40.4. The predicted molar refractivity (Wildman–Crippen MR) is 459 cm³/mol. The first kappa shape index (κ1) is 84.3. The highest BCUT2D eigenvalue weighted by Gasteiger charge is 2.43. The van der Waals surface area contributed by atoms with E-state index in [1.165, 1.54) is 0 Å². The average molecular weight is 1570 g/mol. The molecular formula is C84H124N4O8S8. The number of hydrogen-bond acceptors (Lipinski definition) is 12. The standard InChI is InChI=1S/C84H124N4O8S8/c1-9-17-25-33-41-85(81(97)98)49-69-73-61-45-62-58(38-30-22-14-6)64-47-66-60(40-32-24-16-8)68-48-67-59(39-31-23-15-7)65-46-63(57(61)37-29-21-13-5)75(91-53-89-73)70(50-86(82(99)100)42-34-26-18-10-2)77(65)93-55-95-79(67)72(52-88(84(103)104)44-36-28-20-12-4)80(68)96-56-94-78(66)71(76(64)92-54-90-74(62)69)51-87(83(101)102)43-35-27-19-11-3/h45-48,57-60H,9-44,49-56H2,1-8H3,(H,97,98)(H,99,100)(H,101,102)(H,103,104). The summed E-state index contributed by atoms with van der Waals surface area (Å²) >= 11 is 45.1. The highest BCUT2D eigenvalue weighted by atomic mass is 32.1. The molecule has 9 rings (SSSR count). The quantitative estimate of drug-likeness (QED) is 0.0192. The molecule has 0 spiro atoms. The molecule has 0 unspecified atom stereocenters. The van der Waals surface area contributed by atoms with Crippen LogP contribution in [0.25, 0.3) is 0 Å². The first-order valence-corrected chi connectivity index (χ1v) is 43.8. The molecule has 0 saturated carbocycles. The summed E-state index contributed by atoms with van der Waals surface area (Å²) in [5.41, 5.74) is 12.6. The van der Waals surface area contributed by atoms with Crippen molar-refractivity contribution in [1.29, 1.82) is 0 Å². The van der Waals surface area contributed by atoms with E-state index in [9.17, 15) is 0 Å². The monoisotopic (exact) mass is 1570 g/mol. The Bertz CT molecular complexity index is 2910. The van der Waals surface area contributed by atoms with E-state index in [1.54, 1.807) is 0 Å². The van der Waals surface area contributed by atoms with Crippen LogP contribution in [0.2, 0.25) is 0 Å². The average Bonchev–Trinajstić information content (AvgIpc) is 0.724. The molecule has 4 aromatic carbocycles. The van der Waals surface area contributed by atoms with E-state index >= 15 is 0 Å². The molecule has 0 radical (unpaired) electrons. The molecule has 5 aliphatic rings. The van der Waals surface area contributed by atoms with E-state index < -0.39 is 0 Å². The van der Waals surface area contributed by atoms with Crippen LogP contribution in [0.4, 0.5) is 0 Å². The largest absolute Gasteiger partial charge is 0.457 e. The molecule has 4 aliphatic heterocycles. The molecule has 0 amide bonds. The fourth-order valence-corrected chi connectivity index (χ4v) is 17.9. The van der Waals surface area contributed by atoms with E-state index in [4.69, 9.17) is 137 Å². The van der Waals surface area contributed by atoms with E-state index in [-0.39, 0.29) is 50.8 Å². The fourth-order valence-electron chi connectivity index (χ4n) is 16.6. The highest BCUT2D eigenvalue weighted by Crippen LogP contribution is 2.59. The van der Waals surface area contributed by atoms with Crippen LogP contribution in [-0.2, 0) is 26.2 Å². The van der Waals surface area contributed by atoms with Gasteiger partial charge < -0.3 is 57.5 Å². The second kappa shape index (κ2) is 43.6. The zero-order valence-corrected chi connectivity index (χ0v) is 71.1. The molecule has 4 heterocycles. The van der Waals surface area contributed by atoms with E-state index in [2.05, 4.69) is 99.3 Å². The van der Waals surface area contributed by atoms with Gasteiger partial charge in [0.15, 0.2) is 0 Å². The summed E-state index contributed by atoms with van der Waals surface area (Å²) in [6.45, 7) is 22.4. The van der Waals surface area contributed by atoms with Crippen LogP contribution in [0.1, 0.15) is 351 Å². The molecule has 0 N–H and O–H groups in total. The number of thiocarbonyl (C=S) groups is 4. The maximum atomic E-state index is 7.48. The number of unbranched alkanes of at least 4 members (excludes halogenated alkanes) is 20. The van der Waals surface area contributed by atoms with Crippen LogP contribution in [0.15, 0.2) is 24.3 Å². The van der Waals surface area contributed by atoms with Crippen molar-refractivity contribution in [2.45, 2.75) is 311 Å². The van der Waals surface area contributed by atoms with Crippen molar-refractivity contribution in [1.82, 2.24) is 19.6 Å². The van der Waals surface area contributed by atoms with Crippen molar-refractivity contribution >= 4 is 117 Å². The van der Waals surface area contributed by atoms with Gasteiger partial charge in [0.25, 0.3) is 0 Å². The van der Waals surface area contributed by atoms with Crippen molar-refractivity contribution in [2.75, 3.05) is 53.4 Å². The minimum atomic E-state index is -0.239. The second-order valence-corrected chi connectivity index (χ2v) is 34.1. The minimum absolute atomic E-state index is 0.0876. The predicted octanol–water partition coefficient (Wildman–Crippen LogP) is 24.2. The summed E-state index contributed by atoms with van der Waals surface area (Å²) in [6.07, 6.45) is 32.7. The summed E-state index contributed by atoms with van der Waals surface area (Å²) in [5, 5.41) is 0. The maximum absolute atomic E-state index is 7.48. The Hall–Kier alpha value is -3.76. The first-order chi connectivity index (χ1) is 50.7. The minimum Gasteiger partial charge on any atom is -0.457 e. The zero-order valence-electron chi connectivity index (χ0n) is 64.2. The summed E-state index contributed by atoms with van der Waals surface area (Å²) < 4.78 is 61.9. The van der Waals surface area contributed by atoms with Gasteiger partial charge in [-0.3, -0.25) is 0 Å². The van der Waals surface area contributed by atoms with E-state index in [0.717, 1.165) is 344 Å². The highest BCUT2D eigenvalue weighted by molar-refractivity contribution is 8.11. The van der Waals surface area contributed by atoms with Crippen LogP contribution in [0.5, 0.6) is 46.0 Å². The molecule has 576 valence electrons. The molecule has 20 heteroatoms. The Morgan fingerprint density at radius 3 is 0.587 bits per heavy atom. The Kier molecular flexibility index (Phi) is 35.3. The van der Waals surface area contributed by atoms with E-state index in [0.29, 0.717) is 43.5 Å². The van der Waals surface area contributed by atoms with Crippen LogP contribution in [0.3, 0.4) is 0 Å². The summed E-state index contributed by atoms with van der Waals surface area (Å²) in [7, 11) is 0. The SMILES string of the molecule is CCCCCCN(Cc1c2c3cc4c1OCOc1c(cc5c(c1CN(CCCCCC)C(=S)S)OCOc1c(cc6c(c1CN(CCCCCC)C(=S)S)OCOc1c(cc(c(c1CN(CCCCCC)C(=S)S)OCO2)C3CCCCC)C6CCCCC)C5CCCCC)C4CCCCC)C(=S)S. The lowest BCUT2D eigenvalue weighted by Gasteiger charge is -2.39. The number of thiol groups is 4. The lowest BCUT2D eigenvalue weighted by Crippen LogP contribution is -2.31. The topological polar surface area (TPSA) is 86.8 Å². The van der Waals surface area contributed by atoms with Gasteiger partial charge in [0.1, 0.15) is 63.3 Å². The van der Waals surface area contributed by atoms with Gasteiger partial charge in [0, 0.05) is 94.4 Å². The number of ether oxygens (including phenoxy) is 8. The molecule has 4 aromatic rings. The molecule has 104 heavy (non-hydrogen) atoms. The fraction of sp³-hybridized carbons (Fsp3) is 0.667. The summed E-state index contributed by atoms with van der Waals surface area (Å²) in [4.78, 5) is 9.01. The summed E-state index contributed by atoms with van der Waals surface area (Å²) in [5.74, 6) is 5.14. The lowest BCUT2D eigenvalue weighted by molar-refractivity contribution is 0.0922. The molecule has 0 fully saturated rings. The van der Waals surface area contributed by atoms with Gasteiger partial charge in [-0.15, -0.1) is 50.5 Å². The third kappa shape index (κ3) is 21.4. The molecule has 0 aromatic heterocycles. The zero-order chi connectivity index (χ0) is 74.1. The lowest BCUT2D eigenvalue weighted by atomic mass is 9.74. The van der Waals surface area contributed by atoms with Gasteiger partial charge in [0.2, 0.25) is 27.2 Å². The van der Waals surface area contributed by atoms with Gasteiger partial charge in [-0.1, -0.05) is 258 Å². The Morgan fingerprint density at radius 1 is 0.269 bits per heavy atom. The molecule has 1 aliphatic carbocycles. The summed E-state index contributed by atoms with van der Waals surface area (Å²) in [6, 6.07) is 10.0. The second-order valence-electron chi connectivity index (χ2n) is 29.6. The van der Waals surface area contributed by atoms with Crippen LogP contribution >= 0.6 is 99.4 Å². The molecule has 0 saturated heterocycles. The van der Waals surface area contributed by atoms with Crippen LogP contribution in [-0.4, -0.2) is 90.2 Å². The maximum Gasteiger partial charge on any atom is 0.230 e. The van der Waals surface area contributed by atoms with Gasteiger partial charge >= 0.3 is 0 Å². The van der Waals surface area contributed by atoms with Crippen molar-refractivity contribution in [3.05, 3.63) is 91.0 Å². The number of hydrogen-bond donors (Lipinski definition) is 4. The van der Waals surface area contributed by atoms with Crippen LogP contribution in [0, 0.1) is 0 Å². The van der Waals surface area contributed by atoms with Gasteiger partial charge in [0.05, 0.1) is 48.4 Å². The van der Waals surface area contributed by atoms with Crippen molar-refractivity contribution in [3.8, 4) is 46.0 Å². The normalized spacial score (nSPS) is 16.5. The third-order valence-corrected chi connectivity index (χ3v) is 24.3. The van der Waals surface area contributed by atoms with Crippen LogP contribution < -0.4 is 37.9 Å². The van der Waals surface area contributed by atoms with Crippen molar-refractivity contribution in [3.63, 3.8) is 0 Å². The van der Waals surface area contributed by atoms with E-state index in [1.807, 2.05) is 0 Å². The Morgan fingerprint density at radius 2 is 0.433 bits per heavy atom. The van der Waals surface area contributed by atoms with Gasteiger partial charge in [-0.05, 0) is 75.6 Å². The Balaban J connectivity index is 1.53. The van der Waals surface area contributed by atoms with Gasteiger partial charge in [-0.2, -0.15) is 0 Å². The number of rotatable bonds is 44. The molecule has 12 nitrogen and oxygen atoms in total. The van der Waals surface area contributed by atoms with Crippen molar-refractivity contribution in [2.24, 2.45) is 0 Å². The molecule has 8 bridgehead atoms. The molecule has 0 atom stereocenters. The number of nitrogens with zero attached hydrogens (tertiary/aromatic N) is 4. The number of benzene rings is 4.